The molecule has 0 radical (unpaired) electrons. The normalized spacial score (nSPS) is 13.0. The number of nitrogens with two attached hydrogens (primary N) is 1. The van der Waals surface area contributed by atoms with Crippen molar-refractivity contribution in [3.8, 4) is 6.07 Å². The van der Waals surface area contributed by atoms with E-state index in [1.54, 1.807) is 18.6 Å². The number of aliphatic imine (C=N–C) groups is 2. The SMILES string of the molecule is CCN=CC(Cc1ccc(N=CC=CN)cc1)=C(C#N)c1cc(C(c2ccc(Cl)cc2)c2cncn2C)ccc1NCC. The van der Waals surface area contributed by atoms with Crippen LogP contribution in [0.15, 0.2) is 107 Å². The van der Waals surface area contributed by atoms with Crippen molar-refractivity contribution in [2.45, 2.75) is 26.2 Å². The maximum atomic E-state index is 10.6. The summed E-state index contributed by atoms with van der Waals surface area (Å²) in [4.78, 5) is 13.3. The molecule has 0 spiro atoms. The molecule has 43 heavy (non-hydrogen) atoms. The highest BCUT2D eigenvalue weighted by atomic mass is 35.5. The van der Waals surface area contributed by atoms with Crippen LogP contribution in [0.3, 0.4) is 0 Å². The predicted octanol–water partition coefficient (Wildman–Crippen LogP) is 7.47. The standard InChI is InChI=1S/C35H36ClN7/c1-4-39-22-28(19-25-7-14-30(15-8-25)42-18-6-17-37)32(21-38)31-20-27(11-16-33(31)41-5-2)35(34-23-40-24-43(34)3)26-9-12-29(36)13-10-26/h6-18,20,22-24,35,41H,4-5,19,37H2,1-3H3. The molecule has 8 heteroatoms. The Morgan fingerprint density at radius 3 is 2.47 bits per heavy atom. The number of benzene rings is 3. The molecule has 3 N–H and O–H groups in total. The molecule has 0 amide bonds. The van der Waals surface area contributed by atoms with Crippen LogP contribution in [0.1, 0.15) is 47.7 Å². The van der Waals surface area contributed by atoms with E-state index in [2.05, 4.69) is 44.6 Å². The lowest BCUT2D eigenvalue weighted by Crippen LogP contribution is -2.10. The molecule has 7 nitrogen and oxygen atoms in total. The minimum Gasteiger partial charge on any atom is -0.405 e. The van der Waals surface area contributed by atoms with Gasteiger partial charge >= 0.3 is 0 Å². The van der Waals surface area contributed by atoms with Gasteiger partial charge in [0.15, 0.2) is 0 Å². The van der Waals surface area contributed by atoms with Crippen LogP contribution in [0.25, 0.3) is 5.57 Å². The number of aromatic nitrogens is 2. The van der Waals surface area contributed by atoms with Gasteiger partial charge in [-0.25, -0.2) is 4.98 Å². The summed E-state index contributed by atoms with van der Waals surface area (Å²) in [5.41, 5.74) is 13.5. The van der Waals surface area contributed by atoms with Crippen LogP contribution in [-0.2, 0) is 13.5 Å². The van der Waals surface area contributed by atoms with Crippen LogP contribution >= 0.6 is 11.6 Å². The molecule has 0 saturated heterocycles. The van der Waals surface area contributed by atoms with Crippen LogP contribution in [-0.4, -0.2) is 35.1 Å². The highest BCUT2D eigenvalue weighted by Gasteiger charge is 2.23. The van der Waals surface area contributed by atoms with E-state index in [0.29, 0.717) is 30.1 Å². The predicted molar refractivity (Wildman–Crippen MR) is 179 cm³/mol. The molecular formula is C35H36ClN7. The largest absolute Gasteiger partial charge is 0.405 e. The second-order valence-corrected chi connectivity index (χ2v) is 10.3. The number of hydrogen-bond acceptors (Lipinski definition) is 6. The number of nitrogens with one attached hydrogen (secondary N) is 1. The van der Waals surface area contributed by atoms with Crippen molar-refractivity contribution in [2.24, 2.45) is 22.8 Å². The third kappa shape index (κ3) is 7.88. The lowest BCUT2D eigenvalue weighted by atomic mass is 9.85. The molecule has 0 bridgehead atoms. The molecule has 4 rings (SSSR count). The van der Waals surface area contributed by atoms with Gasteiger partial charge in [0, 0.05) is 67.2 Å². The fraction of sp³-hybridized carbons (Fsp3) is 0.200. The van der Waals surface area contributed by atoms with Crippen molar-refractivity contribution < 1.29 is 0 Å². The third-order valence-electron chi connectivity index (χ3n) is 6.98. The smallest absolute Gasteiger partial charge is 0.100 e. The second-order valence-electron chi connectivity index (χ2n) is 9.90. The highest BCUT2D eigenvalue weighted by molar-refractivity contribution is 6.30. The Labute approximate surface area is 258 Å². The van der Waals surface area contributed by atoms with Gasteiger partial charge in [-0.05, 0) is 84.8 Å². The van der Waals surface area contributed by atoms with Gasteiger partial charge in [0.1, 0.15) is 6.07 Å². The summed E-state index contributed by atoms with van der Waals surface area (Å²) in [6.45, 7) is 5.36. The first-order valence-corrected chi connectivity index (χ1v) is 14.6. The molecule has 1 aromatic heterocycles. The van der Waals surface area contributed by atoms with E-state index in [0.717, 1.165) is 44.9 Å². The van der Waals surface area contributed by atoms with Crippen LogP contribution < -0.4 is 11.1 Å². The number of nitriles is 1. The lowest BCUT2D eigenvalue weighted by Gasteiger charge is -2.22. The molecule has 3 aromatic carbocycles. The zero-order chi connectivity index (χ0) is 30.6. The number of hydrogen-bond donors (Lipinski definition) is 2. The molecule has 1 unspecified atom stereocenters. The molecule has 1 heterocycles. The number of anilines is 1. The number of allylic oxidation sites excluding steroid dienone is 3. The van der Waals surface area contributed by atoms with Crippen molar-refractivity contribution >= 4 is 41.0 Å². The van der Waals surface area contributed by atoms with Gasteiger partial charge in [-0.15, -0.1) is 0 Å². The van der Waals surface area contributed by atoms with Gasteiger partial charge in [0.25, 0.3) is 0 Å². The molecule has 0 aliphatic carbocycles. The molecule has 218 valence electrons. The Morgan fingerprint density at radius 1 is 1.09 bits per heavy atom. The van der Waals surface area contributed by atoms with Gasteiger partial charge in [-0.1, -0.05) is 41.9 Å². The molecule has 1 atom stereocenters. The summed E-state index contributed by atoms with van der Waals surface area (Å²) in [5, 5.41) is 14.8. The van der Waals surface area contributed by atoms with Crippen LogP contribution in [0.4, 0.5) is 11.4 Å². The van der Waals surface area contributed by atoms with Crippen molar-refractivity contribution in [1.82, 2.24) is 9.55 Å². The Kier molecular flexibility index (Phi) is 11.1. The second kappa shape index (κ2) is 15.3. The summed E-state index contributed by atoms with van der Waals surface area (Å²) in [6, 6.07) is 24.6. The topological polar surface area (TPSA) is 104 Å². The Morgan fingerprint density at radius 2 is 1.84 bits per heavy atom. The van der Waals surface area contributed by atoms with Gasteiger partial charge in [0.05, 0.1) is 23.5 Å². The molecule has 0 saturated carbocycles. The summed E-state index contributed by atoms with van der Waals surface area (Å²) in [5.74, 6) is -0.117. The summed E-state index contributed by atoms with van der Waals surface area (Å²) in [7, 11) is 1.99. The van der Waals surface area contributed by atoms with Crippen LogP contribution in [0, 0.1) is 11.3 Å². The van der Waals surface area contributed by atoms with Gasteiger partial charge < -0.3 is 15.6 Å². The zero-order valence-electron chi connectivity index (χ0n) is 24.7. The number of aryl methyl sites for hydroxylation is 1. The zero-order valence-corrected chi connectivity index (χ0v) is 25.5. The van der Waals surface area contributed by atoms with Gasteiger partial charge in [-0.2, -0.15) is 5.26 Å². The minimum absolute atomic E-state index is 0.117. The first-order valence-electron chi connectivity index (χ1n) is 14.2. The maximum absolute atomic E-state index is 10.6. The quantitative estimate of drug-likeness (QED) is 0.132. The number of halogens is 1. The van der Waals surface area contributed by atoms with E-state index in [1.807, 2.05) is 86.4 Å². The van der Waals surface area contributed by atoms with Crippen molar-refractivity contribution in [2.75, 3.05) is 18.4 Å². The Bertz CT molecular complexity index is 1670. The van der Waals surface area contributed by atoms with E-state index in [4.69, 9.17) is 17.3 Å². The highest BCUT2D eigenvalue weighted by Crippen LogP contribution is 2.37. The summed E-state index contributed by atoms with van der Waals surface area (Å²) < 4.78 is 2.03. The van der Waals surface area contributed by atoms with Crippen molar-refractivity contribution in [3.05, 3.63) is 130 Å². The lowest BCUT2D eigenvalue weighted by molar-refractivity contribution is 0.792. The van der Waals surface area contributed by atoms with E-state index in [-0.39, 0.29) is 5.92 Å². The monoisotopic (exact) mass is 589 g/mol. The van der Waals surface area contributed by atoms with E-state index < -0.39 is 0 Å². The number of nitrogens with zero attached hydrogens (tertiary/aromatic N) is 5. The molecule has 0 fully saturated rings. The molecule has 0 aliphatic rings. The van der Waals surface area contributed by atoms with Crippen LogP contribution in [0.5, 0.6) is 0 Å². The van der Waals surface area contributed by atoms with Gasteiger partial charge in [-0.3, -0.25) is 9.98 Å². The average Bonchev–Trinajstić information content (AvgIpc) is 3.44. The van der Waals surface area contributed by atoms with Crippen molar-refractivity contribution in [1.29, 1.82) is 5.26 Å². The molecular weight excluding hydrogens is 554 g/mol. The number of rotatable bonds is 12. The number of imidazole rings is 1. The Hall–Kier alpha value is -4.93. The molecule has 4 aromatic rings. The first kappa shape index (κ1) is 31.0. The fourth-order valence-corrected chi connectivity index (χ4v) is 5.06. The van der Waals surface area contributed by atoms with E-state index >= 15 is 0 Å². The van der Waals surface area contributed by atoms with Crippen LogP contribution in [0.2, 0.25) is 5.02 Å². The Balaban J connectivity index is 1.86. The summed E-state index contributed by atoms with van der Waals surface area (Å²) in [6.07, 6.45) is 10.8. The summed E-state index contributed by atoms with van der Waals surface area (Å²) >= 11 is 6.25. The van der Waals surface area contributed by atoms with E-state index in [9.17, 15) is 5.26 Å². The maximum Gasteiger partial charge on any atom is 0.100 e. The fourth-order valence-electron chi connectivity index (χ4n) is 4.93. The van der Waals surface area contributed by atoms with E-state index in [1.165, 1.54) is 6.20 Å². The minimum atomic E-state index is -0.117. The molecule has 0 aliphatic heterocycles. The van der Waals surface area contributed by atoms with Crippen molar-refractivity contribution in [3.63, 3.8) is 0 Å². The average molecular weight is 590 g/mol. The first-order chi connectivity index (χ1) is 21.0. The van der Waals surface area contributed by atoms with Gasteiger partial charge in [0.2, 0.25) is 0 Å². The third-order valence-corrected chi connectivity index (χ3v) is 7.23.